The predicted octanol–water partition coefficient (Wildman–Crippen LogP) is 3.34. The number of thiazole rings is 1. The molecule has 2 aromatic heterocycles. The van der Waals surface area contributed by atoms with Crippen LogP contribution < -0.4 is 4.74 Å². The number of Topliss-reactive ketones (excluding diaryl/α,β-unsaturated/α-hetero) is 1. The van der Waals surface area contributed by atoms with E-state index < -0.39 is 23.5 Å². The lowest BCUT2D eigenvalue weighted by Gasteiger charge is -2.27. The fourth-order valence-electron chi connectivity index (χ4n) is 4.03. The molecule has 2 N–H and O–H groups in total. The molecule has 0 fully saturated rings. The van der Waals surface area contributed by atoms with Crippen LogP contribution in [0.3, 0.4) is 0 Å². The van der Waals surface area contributed by atoms with Gasteiger partial charge in [-0.25, -0.2) is 9.97 Å². The molecule has 10 heteroatoms. The summed E-state index contributed by atoms with van der Waals surface area (Å²) in [7, 11) is 1.42. The largest absolute Gasteiger partial charge is 0.504 e. The lowest BCUT2D eigenvalue weighted by Crippen LogP contribution is -2.32. The summed E-state index contributed by atoms with van der Waals surface area (Å²) in [4.78, 5) is 36.8. The Labute approximate surface area is 194 Å². The fraction of sp³-hybridized carbons (Fsp3) is 0.304. The molecule has 1 unspecified atom stereocenters. The molecule has 0 spiro atoms. The maximum absolute atomic E-state index is 13.5. The van der Waals surface area contributed by atoms with Gasteiger partial charge in [-0.3, -0.25) is 9.59 Å². The lowest BCUT2D eigenvalue weighted by molar-refractivity contribution is -0.129. The third-order valence-electron chi connectivity index (χ3n) is 5.55. The number of hydrogen-bond acceptors (Lipinski definition) is 8. The van der Waals surface area contributed by atoms with Crippen molar-refractivity contribution in [1.82, 2.24) is 19.4 Å². The average molecular weight is 469 g/mol. The standard InChI is InChI=1S/C23H24N4O5S/c1-13-22(33-14(2)25-13)20(29)18-19(15-5-6-16(28)17(11-15)32-3)27(23(31)21(18)30)9-4-8-26-10-7-24-12-26/h5-7,10-12,19,28,30H,4,8-9H2,1-3H3. The monoisotopic (exact) mass is 468 g/mol. The van der Waals surface area contributed by atoms with Gasteiger partial charge in [0.05, 0.1) is 40.6 Å². The minimum absolute atomic E-state index is 0.00197. The van der Waals surface area contributed by atoms with Crippen molar-refractivity contribution in [2.75, 3.05) is 13.7 Å². The molecule has 1 aliphatic heterocycles. The minimum Gasteiger partial charge on any atom is -0.504 e. The Morgan fingerprint density at radius 2 is 2.03 bits per heavy atom. The molecule has 0 saturated carbocycles. The van der Waals surface area contributed by atoms with Gasteiger partial charge in [-0.2, -0.15) is 0 Å². The summed E-state index contributed by atoms with van der Waals surface area (Å²) in [5.41, 5.74) is 1.10. The second kappa shape index (κ2) is 9.07. The smallest absolute Gasteiger partial charge is 0.290 e. The first-order valence-electron chi connectivity index (χ1n) is 10.4. The van der Waals surface area contributed by atoms with Gasteiger partial charge in [0.25, 0.3) is 5.91 Å². The van der Waals surface area contributed by atoms with Gasteiger partial charge in [-0.15, -0.1) is 11.3 Å². The molecule has 3 aromatic rings. The van der Waals surface area contributed by atoms with Gasteiger partial charge in [0, 0.05) is 25.5 Å². The Kier molecular flexibility index (Phi) is 6.19. The van der Waals surface area contributed by atoms with Crippen LogP contribution in [0.25, 0.3) is 0 Å². The van der Waals surface area contributed by atoms with Gasteiger partial charge in [-0.05, 0) is 38.0 Å². The number of aliphatic hydroxyl groups excluding tert-OH is 1. The summed E-state index contributed by atoms with van der Waals surface area (Å²) >= 11 is 1.23. The summed E-state index contributed by atoms with van der Waals surface area (Å²) in [6.07, 6.45) is 5.78. The number of aryl methyl sites for hydroxylation is 3. The van der Waals surface area contributed by atoms with E-state index in [1.54, 1.807) is 38.5 Å². The van der Waals surface area contributed by atoms with Crippen molar-refractivity contribution < 1.29 is 24.5 Å². The van der Waals surface area contributed by atoms with Crippen LogP contribution in [0.1, 0.15) is 38.4 Å². The topological polar surface area (TPSA) is 118 Å². The van der Waals surface area contributed by atoms with Crippen LogP contribution >= 0.6 is 11.3 Å². The quantitative estimate of drug-likeness (QED) is 0.487. The van der Waals surface area contributed by atoms with E-state index in [1.165, 1.54) is 29.4 Å². The van der Waals surface area contributed by atoms with Gasteiger partial charge in [-0.1, -0.05) is 6.07 Å². The van der Waals surface area contributed by atoms with E-state index in [0.29, 0.717) is 35.6 Å². The molecule has 1 atom stereocenters. The number of ketones is 1. The highest BCUT2D eigenvalue weighted by Gasteiger charge is 2.44. The highest BCUT2D eigenvalue weighted by Crippen LogP contribution is 2.42. The number of carbonyl (C=O) groups is 2. The minimum atomic E-state index is -0.830. The highest BCUT2D eigenvalue weighted by molar-refractivity contribution is 7.14. The number of amides is 1. The number of aliphatic hydroxyl groups is 1. The van der Waals surface area contributed by atoms with Gasteiger partial charge in [0.2, 0.25) is 5.78 Å². The predicted molar refractivity (Wildman–Crippen MR) is 122 cm³/mol. The molecule has 172 valence electrons. The molecule has 0 saturated heterocycles. The first-order chi connectivity index (χ1) is 15.8. The number of phenols is 1. The van der Waals surface area contributed by atoms with Crippen LogP contribution in [-0.4, -0.2) is 55.0 Å². The van der Waals surface area contributed by atoms with Gasteiger partial charge < -0.3 is 24.4 Å². The molecule has 33 heavy (non-hydrogen) atoms. The molecule has 9 nitrogen and oxygen atoms in total. The summed E-state index contributed by atoms with van der Waals surface area (Å²) < 4.78 is 7.12. The molecule has 0 radical (unpaired) electrons. The molecule has 3 heterocycles. The number of benzene rings is 1. The second-order valence-corrected chi connectivity index (χ2v) is 8.93. The van der Waals surface area contributed by atoms with Crippen LogP contribution in [0.5, 0.6) is 11.5 Å². The van der Waals surface area contributed by atoms with Crippen molar-refractivity contribution in [2.24, 2.45) is 0 Å². The van der Waals surface area contributed by atoms with Crippen molar-refractivity contribution in [3.05, 3.63) is 69.4 Å². The summed E-state index contributed by atoms with van der Waals surface area (Å²) in [6, 6.07) is 3.81. The van der Waals surface area contributed by atoms with Crippen LogP contribution in [0.15, 0.2) is 48.3 Å². The number of aromatic nitrogens is 3. The van der Waals surface area contributed by atoms with Crippen LogP contribution in [0.4, 0.5) is 0 Å². The maximum atomic E-state index is 13.5. The Hall–Kier alpha value is -3.66. The zero-order chi connectivity index (χ0) is 23.7. The summed E-state index contributed by atoms with van der Waals surface area (Å²) in [5.74, 6) is -1.46. The van der Waals surface area contributed by atoms with Crippen LogP contribution in [0, 0.1) is 13.8 Å². The van der Waals surface area contributed by atoms with E-state index in [9.17, 15) is 19.8 Å². The Balaban J connectivity index is 1.73. The number of hydrogen-bond donors (Lipinski definition) is 2. The number of aromatic hydroxyl groups is 1. The van der Waals surface area contributed by atoms with Gasteiger partial charge >= 0.3 is 0 Å². The van der Waals surface area contributed by atoms with E-state index in [-0.39, 0.29) is 17.1 Å². The second-order valence-electron chi connectivity index (χ2n) is 7.73. The summed E-state index contributed by atoms with van der Waals surface area (Å²) in [5, 5.41) is 21.6. The number of carbonyl (C=O) groups excluding carboxylic acids is 2. The van der Waals surface area contributed by atoms with E-state index in [1.807, 2.05) is 10.8 Å². The number of phenolic OH excluding ortho intramolecular Hbond substituents is 1. The first-order valence-corrected chi connectivity index (χ1v) is 11.2. The van der Waals surface area contributed by atoms with E-state index in [2.05, 4.69) is 9.97 Å². The fourth-order valence-corrected chi connectivity index (χ4v) is 4.91. The van der Waals surface area contributed by atoms with E-state index >= 15 is 0 Å². The van der Waals surface area contributed by atoms with Crippen molar-refractivity contribution in [3.8, 4) is 11.5 Å². The Morgan fingerprint density at radius 3 is 2.67 bits per heavy atom. The molecular formula is C23H24N4O5S. The average Bonchev–Trinajstić information content (AvgIpc) is 3.49. The summed E-state index contributed by atoms with van der Waals surface area (Å²) in [6.45, 7) is 4.44. The third-order valence-corrected chi connectivity index (χ3v) is 6.62. The zero-order valence-electron chi connectivity index (χ0n) is 18.5. The number of rotatable bonds is 8. The van der Waals surface area contributed by atoms with Crippen molar-refractivity contribution >= 4 is 23.0 Å². The Morgan fingerprint density at radius 1 is 1.24 bits per heavy atom. The number of methoxy groups -OCH3 is 1. The number of imidazole rings is 1. The lowest BCUT2D eigenvalue weighted by atomic mass is 9.94. The molecule has 0 aliphatic carbocycles. The first kappa shape index (κ1) is 22.5. The SMILES string of the molecule is COc1cc(C2C(C(=O)c3sc(C)nc3C)=C(O)C(=O)N2CCCn2ccnc2)ccc1O. The maximum Gasteiger partial charge on any atom is 0.290 e. The zero-order valence-corrected chi connectivity index (χ0v) is 19.3. The van der Waals surface area contributed by atoms with Crippen molar-refractivity contribution in [1.29, 1.82) is 0 Å². The number of nitrogens with zero attached hydrogens (tertiary/aromatic N) is 4. The molecule has 0 bridgehead atoms. The third kappa shape index (κ3) is 4.21. The van der Waals surface area contributed by atoms with Crippen LogP contribution in [0.2, 0.25) is 0 Å². The van der Waals surface area contributed by atoms with E-state index in [4.69, 9.17) is 4.74 Å². The normalized spacial score (nSPS) is 16.0. The van der Waals surface area contributed by atoms with Crippen LogP contribution in [-0.2, 0) is 11.3 Å². The molecule has 1 aliphatic rings. The molecular weight excluding hydrogens is 444 g/mol. The van der Waals surface area contributed by atoms with Gasteiger partial charge in [0.1, 0.15) is 0 Å². The molecule has 4 rings (SSSR count). The molecule has 1 aromatic carbocycles. The van der Waals surface area contributed by atoms with E-state index in [0.717, 1.165) is 5.01 Å². The van der Waals surface area contributed by atoms with Crippen molar-refractivity contribution in [3.63, 3.8) is 0 Å². The number of ether oxygens (including phenoxy) is 1. The van der Waals surface area contributed by atoms with Gasteiger partial charge in [0.15, 0.2) is 17.3 Å². The highest BCUT2D eigenvalue weighted by atomic mass is 32.1. The van der Waals surface area contributed by atoms with Crippen molar-refractivity contribution in [2.45, 2.75) is 32.9 Å². The molecule has 1 amide bonds. The Bertz CT molecular complexity index is 1230.